The molecule has 0 aromatic carbocycles. The number of nitrogens with zero attached hydrogens (tertiary/aromatic N) is 2. The zero-order valence-corrected chi connectivity index (χ0v) is 15.2. The highest BCUT2D eigenvalue weighted by Gasteiger charge is 2.16. The highest BCUT2D eigenvalue weighted by Crippen LogP contribution is 2.21. The fourth-order valence-corrected chi connectivity index (χ4v) is 4.67. The number of carbonyl (C=O) groups is 1. The van der Waals surface area contributed by atoms with E-state index < -0.39 is 10.0 Å². The van der Waals surface area contributed by atoms with Crippen molar-refractivity contribution >= 4 is 32.9 Å². The van der Waals surface area contributed by atoms with Crippen LogP contribution >= 0.6 is 11.3 Å². The van der Waals surface area contributed by atoms with Crippen molar-refractivity contribution in [2.45, 2.75) is 24.1 Å². The molecule has 3 heterocycles. The van der Waals surface area contributed by atoms with Gasteiger partial charge in [0.2, 0.25) is 15.9 Å². The molecule has 3 aromatic heterocycles. The predicted octanol–water partition coefficient (Wildman–Crippen LogP) is 1.55. The molecule has 0 saturated heterocycles. The van der Waals surface area contributed by atoms with Crippen LogP contribution in [0.4, 0.5) is 0 Å². The van der Waals surface area contributed by atoms with E-state index in [1.807, 2.05) is 35.0 Å². The van der Waals surface area contributed by atoms with Crippen molar-refractivity contribution in [2.24, 2.45) is 0 Å². The minimum absolute atomic E-state index is 0.150. The van der Waals surface area contributed by atoms with E-state index in [4.69, 9.17) is 0 Å². The molecule has 25 heavy (non-hydrogen) atoms. The molecule has 0 bridgehead atoms. The minimum Gasteiger partial charge on any atom is -0.351 e. The second-order valence-electron chi connectivity index (χ2n) is 5.48. The lowest BCUT2D eigenvalue weighted by Gasteiger charge is -2.03. The monoisotopic (exact) mass is 378 g/mol. The molecule has 0 saturated carbocycles. The maximum atomic E-state index is 12.3. The SMILES string of the molecule is CC(=O)NCc1ccc(S(=O)(=O)NCCc2cn3ccccc3n2)s1. The van der Waals surface area contributed by atoms with Crippen molar-refractivity contribution in [3.63, 3.8) is 0 Å². The van der Waals surface area contributed by atoms with Gasteiger partial charge in [0, 0.05) is 37.2 Å². The summed E-state index contributed by atoms with van der Waals surface area (Å²) in [6.45, 7) is 2.02. The third kappa shape index (κ3) is 4.44. The molecule has 0 atom stereocenters. The van der Waals surface area contributed by atoms with Crippen LogP contribution in [0.2, 0.25) is 0 Å². The molecular weight excluding hydrogens is 360 g/mol. The second kappa shape index (κ2) is 7.34. The van der Waals surface area contributed by atoms with E-state index >= 15 is 0 Å². The molecule has 7 nitrogen and oxygen atoms in total. The third-order valence-electron chi connectivity index (χ3n) is 3.50. The lowest BCUT2D eigenvalue weighted by molar-refractivity contribution is -0.119. The van der Waals surface area contributed by atoms with Gasteiger partial charge in [-0.25, -0.2) is 18.1 Å². The van der Waals surface area contributed by atoms with E-state index in [0.717, 1.165) is 27.6 Å². The number of pyridine rings is 1. The van der Waals surface area contributed by atoms with Crippen LogP contribution in [0.25, 0.3) is 5.65 Å². The van der Waals surface area contributed by atoms with Crippen molar-refractivity contribution in [3.8, 4) is 0 Å². The first-order chi connectivity index (χ1) is 11.9. The quantitative estimate of drug-likeness (QED) is 0.652. The zero-order valence-electron chi connectivity index (χ0n) is 13.6. The van der Waals surface area contributed by atoms with Gasteiger partial charge in [0.1, 0.15) is 9.86 Å². The Bertz CT molecular complexity index is 959. The first-order valence-corrected chi connectivity index (χ1v) is 9.99. The number of hydrogen-bond acceptors (Lipinski definition) is 5. The number of rotatable bonds is 7. The first kappa shape index (κ1) is 17.6. The fourth-order valence-electron chi connectivity index (χ4n) is 2.30. The summed E-state index contributed by atoms with van der Waals surface area (Å²) in [5, 5.41) is 2.65. The number of thiophene rings is 1. The van der Waals surface area contributed by atoms with Crippen LogP contribution in [0.15, 0.2) is 46.9 Å². The number of carbonyl (C=O) groups excluding carboxylic acids is 1. The number of nitrogens with one attached hydrogen (secondary N) is 2. The van der Waals surface area contributed by atoms with E-state index in [2.05, 4.69) is 15.0 Å². The summed E-state index contributed by atoms with van der Waals surface area (Å²) in [5.41, 5.74) is 1.66. The number of amides is 1. The van der Waals surface area contributed by atoms with E-state index in [9.17, 15) is 13.2 Å². The molecule has 0 aliphatic carbocycles. The number of sulfonamides is 1. The van der Waals surface area contributed by atoms with Gasteiger partial charge in [0.15, 0.2) is 0 Å². The number of aromatic nitrogens is 2. The largest absolute Gasteiger partial charge is 0.351 e. The molecule has 2 N–H and O–H groups in total. The van der Waals surface area contributed by atoms with Gasteiger partial charge in [-0.05, 0) is 24.3 Å². The van der Waals surface area contributed by atoms with Crippen LogP contribution < -0.4 is 10.0 Å². The Hall–Kier alpha value is -2.23. The lowest BCUT2D eigenvalue weighted by atomic mass is 10.3. The van der Waals surface area contributed by atoms with Gasteiger partial charge in [-0.1, -0.05) is 6.07 Å². The van der Waals surface area contributed by atoms with Crippen LogP contribution in [0, 0.1) is 0 Å². The van der Waals surface area contributed by atoms with Gasteiger partial charge >= 0.3 is 0 Å². The minimum atomic E-state index is -3.56. The van der Waals surface area contributed by atoms with Gasteiger partial charge in [0.05, 0.1) is 12.2 Å². The van der Waals surface area contributed by atoms with Gasteiger partial charge in [-0.3, -0.25) is 4.79 Å². The van der Waals surface area contributed by atoms with Gasteiger partial charge in [0.25, 0.3) is 0 Å². The molecule has 0 aliphatic heterocycles. The maximum absolute atomic E-state index is 12.3. The average Bonchev–Trinajstić information content (AvgIpc) is 3.19. The lowest BCUT2D eigenvalue weighted by Crippen LogP contribution is -2.25. The second-order valence-corrected chi connectivity index (χ2v) is 8.64. The molecule has 3 rings (SSSR count). The summed E-state index contributed by atoms with van der Waals surface area (Å²) in [6.07, 6.45) is 4.30. The summed E-state index contributed by atoms with van der Waals surface area (Å²) in [7, 11) is -3.56. The Labute approximate surface area is 149 Å². The number of hydrogen-bond donors (Lipinski definition) is 2. The van der Waals surface area contributed by atoms with Crippen LogP contribution in [0.5, 0.6) is 0 Å². The van der Waals surface area contributed by atoms with E-state index in [1.54, 1.807) is 12.1 Å². The summed E-state index contributed by atoms with van der Waals surface area (Å²) < 4.78 is 29.4. The molecular formula is C16H18N4O3S2. The topological polar surface area (TPSA) is 92.6 Å². The number of imidazole rings is 1. The van der Waals surface area contributed by atoms with E-state index in [-0.39, 0.29) is 16.7 Å². The smallest absolute Gasteiger partial charge is 0.250 e. The summed E-state index contributed by atoms with van der Waals surface area (Å²) in [4.78, 5) is 16.1. The molecule has 0 radical (unpaired) electrons. The van der Waals surface area contributed by atoms with E-state index in [1.165, 1.54) is 6.92 Å². The van der Waals surface area contributed by atoms with E-state index in [0.29, 0.717) is 13.0 Å². The highest BCUT2D eigenvalue weighted by molar-refractivity contribution is 7.91. The van der Waals surface area contributed by atoms with Gasteiger partial charge in [-0.2, -0.15) is 0 Å². The van der Waals surface area contributed by atoms with Crippen LogP contribution in [-0.2, 0) is 27.8 Å². The summed E-state index contributed by atoms with van der Waals surface area (Å²) >= 11 is 1.15. The Kier molecular flexibility index (Phi) is 5.16. The first-order valence-electron chi connectivity index (χ1n) is 7.69. The van der Waals surface area contributed by atoms with Gasteiger partial charge in [-0.15, -0.1) is 11.3 Å². The molecule has 0 unspecified atom stereocenters. The van der Waals surface area contributed by atoms with Crippen molar-refractivity contribution in [1.82, 2.24) is 19.4 Å². The van der Waals surface area contributed by atoms with Crippen LogP contribution in [0.3, 0.4) is 0 Å². The molecule has 0 aliphatic rings. The molecule has 1 amide bonds. The van der Waals surface area contributed by atoms with Crippen molar-refractivity contribution in [3.05, 3.63) is 53.3 Å². The van der Waals surface area contributed by atoms with Gasteiger partial charge < -0.3 is 9.72 Å². The molecule has 132 valence electrons. The Morgan fingerprint density at radius 3 is 2.88 bits per heavy atom. The zero-order chi connectivity index (χ0) is 17.9. The highest BCUT2D eigenvalue weighted by atomic mass is 32.2. The summed E-state index contributed by atoms with van der Waals surface area (Å²) in [5.74, 6) is -0.150. The fraction of sp³-hybridized carbons (Fsp3) is 0.250. The Morgan fingerprint density at radius 2 is 2.12 bits per heavy atom. The average molecular weight is 378 g/mol. The van der Waals surface area contributed by atoms with Crippen LogP contribution in [-0.4, -0.2) is 30.3 Å². The predicted molar refractivity (Wildman–Crippen MR) is 95.9 cm³/mol. The van der Waals surface area contributed by atoms with Crippen molar-refractivity contribution in [2.75, 3.05) is 6.54 Å². The summed E-state index contributed by atoms with van der Waals surface area (Å²) in [6, 6.07) is 8.98. The van der Waals surface area contributed by atoms with Crippen molar-refractivity contribution in [1.29, 1.82) is 0 Å². The van der Waals surface area contributed by atoms with Crippen molar-refractivity contribution < 1.29 is 13.2 Å². The Balaban J connectivity index is 1.58. The standard InChI is InChI=1S/C16H18N4O3S2/c1-12(21)17-10-14-5-6-16(24-14)25(22,23)18-8-7-13-11-20-9-3-2-4-15(20)19-13/h2-6,9,11,18H,7-8,10H2,1H3,(H,17,21). The molecule has 9 heteroatoms. The molecule has 0 fully saturated rings. The normalized spacial score (nSPS) is 11.7. The number of fused-ring (bicyclic) bond motifs is 1. The van der Waals surface area contributed by atoms with Crippen LogP contribution in [0.1, 0.15) is 17.5 Å². The maximum Gasteiger partial charge on any atom is 0.250 e. The Morgan fingerprint density at radius 1 is 1.28 bits per heavy atom. The molecule has 0 spiro atoms. The third-order valence-corrected chi connectivity index (χ3v) is 6.54. The molecule has 3 aromatic rings.